The highest BCUT2D eigenvalue weighted by Crippen LogP contribution is 2.24. The Morgan fingerprint density at radius 2 is 1.80 bits per heavy atom. The maximum atomic E-state index is 12.6. The number of ether oxygens (including phenoxy) is 1. The fourth-order valence-electron chi connectivity index (χ4n) is 3.51. The van der Waals surface area contributed by atoms with Crippen molar-refractivity contribution in [2.24, 2.45) is 11.8 Å². The summed E-state index contributed by atoms with van der Waals surface area (Å²) < 4.78 is 5.35. The molecule has 1 aromatic rings. The third-order valence-corrected chi connectivity index (χ3v) is 5.19. The molecule has 136 valence electrons. The number of β-amino-alcohol motifs (C(OH)–C–C–N with tert-alkyl or cyclic N) is 1. The third kappa shape index (κ3) is 4.31. The summed E-state index contributed by atoms with van der Waals surface area (Å²) in [5, 5.41) is 9.82. The monoisotopic (exact) mass is 346 g/mol. The van der Waals surface area contributed by atoms with Crippen molar-refractivity contribution in [1.82, 2.24) is 9.80 Å². The first-order valence-corrected chi connectivity index (χ1v) is 8.97. The molecule has 3 rings (SSSR count). The Balaban J connectivity index is 1.43. The first kappa shape index (κ1) is 17.7. The van der Waals surface area contributed by atoms with E-state index in [9.17, 15) is 14.7 Å². The van der Waals surface area contributed by atoms with Crippen molar-refractivity contribution in [1.29, 1.82) is 0 Å². The van der Waals surface area contributed by atoms with Crippen LogP contribution in [0.2, 0.25) is 0 Å². The highest BCUT2D eigenvalue weighted by Gasteiger charge is 2.36. The Bertz CT molecular complexity index is 589. The molecule has 0 saturated carbocycles. The second-order valence-electron chi connectivity index (χ2n) is 7.09. The van der Waals surface area contributed by atoms with Crippen LogP contribution in [0.4, 0.5) is 4.79 Å². The zero-order chi connectivity index (χ0) is 17.8. The van der Waals surface area contributed by atoms with Crippen molar-refractivity contribution in [3.8, 4) is 0 Å². The predicted octanol–water partition coefficient (Wildman–Crippen LogP) is 1.87. The normalized spacial score (nSPS) is 24.4. The van der Waals surface area contributed by atoms with Crippen LogP contribution in [-0.4, -0.2) is 59.2 Å². The molecule has 2 heterocycles. The van der Waals surface area contributed by atoms with Gasteiger partial charge in [-0.3, -0.25) is 4.79 Å². The number of hydrogen-bond donors (Lipinski definition) is 1. The fourth-order valence-corrected chi connectivity index (χ4v) is 3.51. The lowest BCUT2D eigenvalue weighted by molar-refractivity contribution is -0.136. The molecule has 2 amide bonds. The Hall–Kier alpha value is -2.08. The Labute approximate surface area is 148 Å². The number of likely N-dealkylation sites (tertiary alicyclic amines) is 2. The Morgan fingerprint density at radius 3 is 2.40 bits per heavy atom. The van der Waals surface area contributed by atoms with Gasteiger partial charge in [0.25, 0.3) is 0 Å². The van der Waals surface area contributed by atoms with Crippen LogP contribution in [0.1, 0.15) is 25.3 Å². The molecular formula is C19H26N2O4. The number of aliphatic hydroxyl groups is 1. The van der Waals surface area contributed by atoms with E-state index in [0.29, 0.717) is 39.0 Å². The summed E-state index contributed by atoms with van der Waals surface area (Å²) in [7, 11) is 0. The minimum atomic E-state index is -0.419. The van der Waals surface area contributed by atoms with E-state index in [4.69, 9.17) is 4.74 Å². The van der Waals surface area contributed by atoms with Gasteiger partial charge < -0.3 is 19.6 Å². The molecule has 2 fully saturated rings. The number of piperidine rings is 1. The standard InChI is InChI=1S/C19H26N2O4/c1-14-11-21(12-17(14)22)18(23)16-7-9-20(10-8-16)19(24)25-13-15-5-3-2-4-6-15/h2-6,14,16-17,22H,7-13H2,1H3/t14-,17-/m1/s1. The molecule has 2 atom stereocenters. The van der Waals surface area contributed by atoms with Gasteiger partial charge in [-0.2, -0.15) is 0 Å². The molecule has 25 heavy (non-hydrogen) atoms. The fraction of sp³-hybridized carbons (Fsp3) is 0.579. The van der Waals surface area contributed by atoms with Gasteiger partial charge in [0, 0.05) is 38.0 Å². The summed E-state index contributed by atoms with van der Waals surface area (Å²) in [5.74, 6) is 0.188. The molecule has 0 spiro atoms. The maximum absolute atomic E-state index is 12.6. The van der Waals surface area contributed by atoms with Crippen LogP contribution in [0.3, 0.4) is 0 Å². The van der Waals surface area contributed by atoms with Gasteiger partial charge >= 0.3 is 6.09 Å². The highest BCUT2D eigenvalue weighted by molar-refractivity contribution is 5.79. The topological polar surface area (TPSA) is 70.1 Å². The molecule has 0 radical (unpaired) electrons. The summed E-state index contributed by atoms with van der Waals surface area (Å²) in [4.78, 5) is 28.2. The molecular weight excluding hydrogens is 320 g/mol. The lowest BCUT2D eigenvalue weighted by Crippen LogP contribution is -2.44. The van der Waals surface area contributed by atoms with Crippen LogP contribution in [-0.2, 0) is 16.1 Å². The smallest absolute Gasteiger partial charge is 0.410 e. The van der Waals surface area contributed by atoms with E-state index in [1.54, 1.807) is 9.80 Å². The van der Waals surface area contributed by atoms with Gasteiger partial charge in [0.1, 0.15) is 6.61 Å². The summed E-state index contributed by atoms with van der Waals surface area (Å²) in [6.45, 7) is 4.36. The van der Waals surface area contributed by atoms with Crippen LogP contribution in [0.5, 0.6) is 0 Å². The van der Waals surface area contributed by atoms with Gasteiger partial charge in [0.15, 0.2) is 0 Å². The Morgan fingerprint density at radius 1 is 1.12 bits per heavy atom. The number of carbonyl (C=O) groups is 2. The lowest BCUT2D eigenvalue weighted by Gasteiger charge is -2.32. The van der Waals surface area contributed by atoms with Crippen molar-refractivity contribution in [3.05, 3.63) is 35.9 Å². The van der Waals surface area contributed by atoms with Crippen molar-refractivity contribution in [3.63, 3.8) is 0 Å². The van der Waals surface area contributed by atoms with Gasteiger partial charge in [-0.25, -0.2) is 4.79 Å². The molecule has 2 aliphatic rings. The molecule has 0 aromatic heterocycles. The van der Waals surface area contributed by atoms with E-state index in [1.165, 1.54) is 0 Å². The molecule has 1 aromatic carbocycles. The quantitative estimate of drug-likeness (QED) is 0.907. The summed E-state index contributed by atoms with van der Waals surface area (Å²) in [6, 6.07) is 9.59. The molecule has 6 nitrogen and oxygen atoms in total. The number of carbonyl (C=O) groups excluding carboxylic acids is 2. The number of nitrogens with zero attached hydrogens (tertiary/aromatic N) is 2. The number of benzene rings is 1. The van der Waals surface area contributed by atoms with E-state index in [2.05, 4.69) is 0 Å². The van der Waals surface area contributed by atoms with Crippen molar-refractivity contribution in [2.45, 2.75) is 32.5 Å². The average molecular weight is 346 g/mol. The van der Waals surface area contributed by atoms with Crippen molar-refractivity contribution >= 4 is 12.0 Å². The van der Waals surface area contributed by atoms with Crippen LogP contribution >= 0.6 is 0 Å². The van der Waals surface area contributed by atoms with E-state index in [-0.39, 0.29) is 30.4 Å². The molecule has 2 aliphatic heterocycles. The number of amides is 2. The molecule has 0 aliphatic carbocycles. The molecule has 0 unspecified atom stereocenters. The van der Waals surface area contributed by atoms with Crippen LogP contribution in [0, 0.1) is 11.8 Å². The first-order valence-electron chi connectivity index (χ1n) is 8.97. The second kappa shape index (κ2) is 7.87. The predicted molar refractivity (Wildman–Crippen MR) is 92.7 cm³/mol. The van der Waals surface area contributed by atoms with E-state index < -0.39 is 6.10 Å². The minimum Gasteiger partial charge on any atom is -0.445 e. The van der Waals surface area contributed by atoms with E-state index >= 15 is 0 Å². The van der Waals surface area contributed by atoms with Crippen LogP contribution in [0.15, 0.2) is 30.3 Å². The lowest BCUT2D eigenvalue weighted by atomic mass is 9.95. The summed E-state index contributed by atoms with van der Waals surface area (Å²) in [6.07, 6.45) is 0.567. The summed E-state index contributed by atoms with van der Waals surface area (Å²) in [5.41, 5.74) is 0.961. The average Bonchev–Trinajstić information content (AvgIpc) is 2.99. The minimum absolute atomic E-state index is 0.0596. The SMILES string of the molecule is C[C@@H]1CN(C(=O)C2CCN(C(=O)OCc3ccccc3)CC2)C[C@H]1O. The van der Waals surface area contributed by atoms with E-state index in [1.807, 2.05) is 37.3 Å². The van der Waals surface area contributed by atoms with Crippen molar-refractivity contribution < 1.29 is 19.4 Å². The highest BCUT2D eigenvalue weighted by atomic mass is 16.6. The number of rotatable bonds is 3. The number of hydrogen-bond acceptors (Lipinski definition) is 4. The van der Waals surface area contributed by atoms with Gasteiger partial charge in [-0.05, 0) is 18.4 Å². The van der Waals surface area contributed by atoms with Gasteiger partial charge in [-0.15, -0.1) is 0 Å². The van der Waals surface area contributed by atoms with Gasteiger partial charge in [0.05, 0.1) is 6.10 Å². The van der Waals surface area contributed by atoms with E-state index in [0.717, 1.165) is 5.56 Å². The molecule has 2 saturated heterocycles. The first-order chi connectivity index (χ1) is 12.0. The molecule has 1 N–H and O–H groups in total. The largest absolute Gasteiger partial charge is 0.445 e. The van der Waals surface area contributed by atoms with Crippen LogP contribution in [0.25, 0.3) is 0 Å². The van der Waals surface area contributed by atoms with Crippen LogP contribution < -0.4 is 0 Å². The zero-order valence-corrected chi connectivity index (χ0v) is 14.6. The maximum Gasteiger partial charge on any atom is 0.410 e. The molecule has 6 heteroatoms. The Kier molecular flexibility index (Phi) is 5.58. The third-order valence-electron chi connectivity index (χ3n) is 5.19. The second-order valence-corrected chi connectivity index (χ2v) is 7.09. The van der Waals surface area contributed by atoms with Crippen molar-refractivity contribution in [2.75, 3.05) is 26.2 Å². The zero-order valence-electron chi connectivity index (χ0n) is 14.6. The van der Waals surface area contributed by atoms with Gasteiger partial charge in [0.2, 0.25) is 5.91 Å². The summed E-state index contributed by atoms with van der Waals surface area (Å²) >= 11 is 0. The number of aliphatic hydroxyl groups excluding tert-OH is 1. The molecule has 0 bridgehead atoms. The van der Waals surface area contributed by atoms with Gasteiger partial charge in [-0.1, -0.05) is 37.3 Å².